The fourth-order valence-corrected chi connectivity index (χ4v) is 3.42. The van der Waals surface area contributed by atoms with E-state index in [0.717, 1.165) is 11.3 Å². The van der Waals surface area contributed by atoms with Gasteiger partial charge in [0.1, 0.15) is 0 Å². The average Bonchev–Trinajstić information content (AvgIpc) is 2.96. The van der Waals surface area contributed by atoms with Gasteiger partial charge in [0.15, 0.2) is 0 Å². The van der Waals surface area contributed by atoms with E-state index in [1.807, 2.05) is 27.3 Å². The molecule has 0 unspecified atom stereocenters. The zero-order valence-corrected chi connectivity index (χ0v) is 13.7. The Morgan fingerprint density at radius 3 is 2.52 bits per heavy atom. The second kappa shape index (κ2) is 7.37. The number of amides is 2. The summed E-state index contributed by atoms with van der Waals surface area (Å²) in [6.45, 7) is 2.58. The number of hydrogen-bond donors (Lipinski definition) is 0. The van der Waals surface area contributed by atoms with E-state index >= 15 is 0 Å². The molecule has 2 aromatic heterocycles. The number of rotatable bonds is 3. The van der Waals surface area contributed by atoms with Gasteiger partial charge in [-0.3, -0.25) is 14.6 Å². The Hall–Kier alpha value is -2.21. The molecule has 0 radical (unpaired) electrons. The molecule has 23 heavy (non-hydrogen) atoms. The molecule has 1 aliphatic rings. The molecule has 1 saturated heterocycles. The van der Waals surface area contributed by atoms with Gasteiger partial charge in [0.05, 0.1) is 6.42 Å². The smallest absolute Gasteiger partial charge is 0.254 e. The molecule has 0 bridgehead atoms. The Morgan fingerprint density at radius 1 is 1.04 bits per heavy atom. The first kappa shape index (κ1) is 15.7. The highest BCUT2D eigenvalue weighted by Gasteiger charge is 2.22. The van der Waals surface area contributed by atoms with E-state index in [0.29, 0.717) is 38.2 Å². The van der Waals surface area contributed by atoms with Gasteiger partial charge in [-0.1, -0.05) is 6.07 Å². The summed E-state index contributed by atoms with van der Waals surface area (Å²) in [7, 11) is 0. The lowest BCUT2D eigenvalue weighted by Gasteiger charge is -2.22. The van der Waals surface area contributed by atoms with E-state index in [4.69, 9.17) is 0 Å². The first-order chi connectivity index (χ1) is 11.2. The molecule has 0 aromatic carbocycles. The van der Waals surface area contributed by atoms with Crippen molar-refractivity contribution in [1.82, 2.24) is 14.8 Å². The van der Waals surface area contributed by atoms with Crippen molar-refractivity contribution < 1.29 is 9.59 Å². The third kappa shape index (κ3) is 3.96. The molecule has 1 fully saturated rings. The summed E-state index contributed by atoms with van der Waals surface area (Å²) < 4.78 is 0. The van der Waals surface area contributed by atoms with Crippen LogP contribution in [0.3, 0.4) is 0 Å². The van der Waals surface area contributed by atoms with Crippen LogP contribution in [0, 0.1) is 0 Å². The fourth-order valence-electron chi connectivity index (χ4n) is 2.72. The topological polar surface area (TPSA) is 53.5 Å². The van der Waals surface area contributed by atoms with Gasteiger partial charge in [0.2, 0.25) is 5.91 Å². The Morgan fingerprint density at radius 2 is 1.78 bits per heavy atom. The van der Waals surface area contributed by atoms with Crippen molar-refractivity contribution in [1.29, 1.82) is 0 Å². The summed E-state index contributed by atoms with van der Waals surface area (Å²) in [6, 6.07) is 7.41. The highest BCUT2D eigenvalue weighted by Crippen LogP contribution is 2.13. The minimum absolute atomic E-state index is 0.0138. The van der Waals surface area contributed by atoms with Crippen LogP contribution in [0.4, 0.5) is 0 Å². The summed E-state index contributed by atoms with van der Waals surface area (Å²) in [5, 5.41) is 1.99. The van der Waals surface area contributed by atoms with Gasteiger partial charge >= 0.3 is 0 Å². The van der Waals surface area contributed by atoms with Crippen LogP contribution in [-0.4, -0.2) is 52.8 Å². The second-order valence-corrected chi connectivity index (χ2v) is 6.55. The summed E-state index contributed by atoms with van der Waals surface area (Å²) in [5.74, 6) is 0.158. The van der Waals surface area contributed by atoms with Gasteiger partial charge < -0.3 is 9.80 Å². The molecule has 0 spiro atoms. The van der Waals surface area contributed by atoms with Crippen molar-refractivity contribution in [3.8, 4) is 0 Å². The van der Waals surface area contributed by atoms with E-state index in [2.05, 4.69) is 4.98 Å². The number of hydrogen-bond acceptors (Lipinski definition) is 4. The summed E-state index contributed by atoms with van der Waals surface area (Å²) in [4.78, 5) is 33.6. The maximum Gasteiger partial charge on any atom is 0.254 e. The van der Waals surface area contributed by atoms with Crippen LogP contribution in [0.25, 0.3) is 0 Å². The van der Waals surface area contributed by atoms with E-state index in [1.54, 1.807) is 35.9 Å². The van der Waals surface area contributed by atoms with E-state index in [1.165, 1.54) is 0 Å². The largest absolute Gasteiger partial charge is 0.341 e. The third-order valence-electron chi connectivity index (χ3n) is 3.97. The number of thiophene rings is 1. The van der Waals surface area contributed by atoms with Crippen LogP contribution in [0.5, 0.6) is 0 Å². The van der Waals surface area contributed by atoms with Crippen LogP contribution in [0.1, 0.15) is 21.7 Å². The van der Waals surface area contributed by atoms with Gasteiger partial charge in [0, 0.05) is 49.0 Å². The predicted molar refractivity (Wildman–Crippen MR) is 89.4 cm³/mol. The number of pyridine rings is 1. The number of nitrogens with zero attached hydrogens (tertiary/aromatic N) is 3. The van der Waals surface area contributed by atoms with Gasteiger partial charge in [-0.15, -0.1) is 11.3 Å². The molecule has 120 valence electrons. The van der Waals surface area contributed by atoms with Crippen molar-refractivity contribution in [2.75, 3.05) is 26.2 Å². The zero-order valence-electron chi connectivity index (χ0n) is 12.9. The first-order valence-corrected chi connectivity index (χ1v) is 8.61. The Labute approximate surface area is 139 Å². The second-order valence-electron chi connectivity index (χ2n) is 5.52. The normalized spacial score (nSPS) is 15.3. The molecule has 0 atom stereocenters. The third-order valence-corrected chi connectivity index (χ3v) is 4.85. The summed E-state index contributed by atoms with van der Waals surface area (Å²) in [5.41, 5.74) is 0.651. The molecule has 1 aliphatic heterocycles. The summed E-state index contributed by atoms with van der Waals surface area (Å²) >= 11 is 1.61. The number of aromatic nitrogens is 1. The Bertz CT molecular complexity index is 658. The first-order valence-electron chi connectivity index (χ1n) is 7.73. The number of carbonyl (C=O) groups excluding carboxylic acids is 2. The standard InChI is InChI=1S/C17H19N3O2S/c21-16(13-15-3-1-12-23-15)19-8-2-9-20(11-10-19)17(22)14-4-6-18-7-5-14/h1,3-7,12H,2,8-11,13H2. The molecule has 3 heterocycles. The van der Waals surface area contributed by atoms with E-state index in [-0.39, 0.29) is 11.8 Å². The van der Waals surface area contributed by atoms with E-state index < -0.39 is 0 Å². The molecule has 0 saturated carbocycles. The molecule has 2 amide bonds. The maximum atomic E-state index is 12.5. The predicted octanol–water partition coefficient (Wildman–Crippen LogP) is 2.06. The van der Waals surface area contributed by atoms with Crippen molar-refractivity contribution in [3.05, 3.63) is 52.5 Å². The SMILES string of the molecule is O=C(Cc1cccs1)N1CCCN(C(=O)c2ccncc2)CC1. The van der Waals surface area contributed by atoms with Crippen LogP contribution >= 0.6 is 11.3 Å². The molecular formula is C17H19N3O2S. The van der Waals surface area contributed by atoms with Crippen molar-refractivity contribution in [3.63, 3.8) is 0 Å². The summed E-state index contributed by atoms with van der Waals surface area (Å²) in [6.07, 6.45) is 4.52. The minimum atomic E-state index is 0.0138. The lowest BCUT2D eigenvalue weighted by molar-refractivity contribution is -0.130. The van der Waals surface area contributed by atoms with Crippen LogP contribution in [0.15, 0.2) is 42.0 Å². The van der Waals surface area contributed by atoms with Crippen molar-refractivity contribution in [2.45, 2.75) is 12.8 Å². The molecule has 0 aliphatic carbocycles. The molecular weight excluding hydrogens is 310 g/mol. The average molecular weight is 329 g/mol. The molecule has 0 N–H and O–H groups in total. The highest BCUT2D eigenvalue weighted by atomic mass is 32.1. The van der Waals surface area contributed by atoms with Crippen LogP contribution < -0.4 is 0 Å². The lowest BCUT2D eigenvalue weighted by Crippen LogP contribution is -2.37. The molecule has 5 nitrogen and oxygen atoms in total. The van der Waals surface area contributed by atoms with Gasteiger partial charge in [-0.2, -0.15) is 0 Å². The quantitative estimate of drug-likeness (QED) is 0.866. The lowest BCUT2D eigenvalue weighted by atomic mass is 10.2. The number of carbonyl (C=O) groups is 2. The van der Waals surface area contributed by atoms with Gasteiger partial charge in [-0.05, 0) is 30.0 Å². The van der Waals surface area contributed by atoms with Gasteiger partial charge in [-0.25, -0.2) is 0 Å². The highest BCUT2D eigenvalue weighted by molar-refractivity contribution is 7.10. The molecule has 3 rings (SSSR count). The van der Waals surface area contributed by atoms with Crippen molar-refractivity contribution in [2.24, 2.45) is 0 Å². The Kier molecular flexibility index (Phi) is 5.02. The zero-order chi connectivity index (χ0) is 16.1. The molecule has 2 aromatic rings. The van der Waals surface area contributed by atoms with Crippen LogP contribution in [-0.2, 0) is 11.2 Å². The van der Waals surface area contributed by atoms with Crippen LogP contribution in [0.2, 0.25) is 0 Å². The fraction of sp³-hybridized carbons (Fsp3) is 0.353. The monoisotopic (exact) mass is 329 g/mol. The minimum Gasteiger partial charge on any atom is -0.341 e. The maximum absolute atomic E-state index is 12.5. The van der Waals surface area contributed by atoms with Gasteiger partial charge in [0.25, 0.3) is 5.91 Å². The molecule has 6 heteroatoms. The van der Waals surface area contributed by atoms with E-state index in [9.17, 15) is 9.59 Å². The van der Waals surface area contributed by atoms with Crippen molar-refractivity contribution >= 4 is 23.2 Å². The Balaban J connectivity index is 1.59.